The van der Waals surface area contributed by atoms with Gasteiger partial charge in [0.05, 0.1) is 16.0 Å². The van der Waals surface area contributed by atoms with Crippen LogP contribution >= 0.6 is 27.7 Å². The number of pyridine rings is 1. The second-order valence-electron chi connectivity index (χ2n) is 4.49. The first-order valence-corrected chi connectivity index (χ1v) is 7.48. The van der Waals surface area contributed by atoms with Crippen molar-refractivity contribution in [3.05, 3.63) is 36.5 Å². The van der Waals surface area contributed by atoms with Crippen molar-refractivity contribution in [2.24, 2.45) is 0 Å². The van der Waals surface area contributed by atoms with Gasteiger partial charge in [-0.05, 0) is 18.2 Å². The van der Waals surface area contributed by atoms with E-state index in [2.05, 4.69) is 63.9 Å². The van der Waals surface area contributed by atoms with Gasteiger partial charge in [0.1, 0.15) is 0 Å². The van der Waals surface area contributed by atoms with Crippen molar-refractivity contribution in [3.63, 3.8) is 0 Å². The summed E-state index contributed by atoms with van der Waals surface area (Å²) < 4.78 is 2.42. The lowest BCUT2D eigenvalue weighted by atomic mass is 10.1. The molecule has 0 radical (unpaired) electrons. The van der Waals surface area contributed by atoms with Crippen LogP contribution in [0.1, 0.15) is 6.92 Å². The van der Waals surface area contributed by atoms with E-state index in [9.17, 15) is 0 Å². The zero-order valence-corrected chi connectivity index (χ0v) is 13.5. The minimum absolute atomic E-state index is 0. The van der Waals surface area contributed by atoms with Crippen LogP contribution in [0.4, 0.5) is 0 Å². The van der Waals surface area contributed by atoms with Crippen LogP contribution in [0.3, 0.4) is 0 Å². The lowest BCUT2D eigenvalue weighted by molar-refractivity contribution is -0.729. The number of nitrogens with zero attached hydrogens (tertiary/aromatic N) is 1. The molecule has 1 aromatic heterocycles. The molecule has 0 bridgehead atoms. The van der Waals surface area contributed by atoms with Gasteiger partial charge in [0.15, 0.2) is 11.7 Å². The maximum atomic E-state index is 3.65. The summed E-state index contributed by atoms with van der Waals surface area (Å²) in [5, 5.41) is 2.32. The van der Waals surface area contributed by atoms with Crippen molar-refractivity contribution in [1.82, 2.24) is 0 Å². The molecule has 0 N–H and O–H groups in total. The predicted molar refractivity (Wildman–Crippen MR) is 72.3 cm³/mol. The van der Waals surface area contributed by atoms with Crippen LogP contribution in [0.5, 0.6) is 0 Å². The van der Waals surface area contributed by atoms with Crippen LogP contribution in [0.25, 0.3) is 10.9 Å². The van der Waals surface area contributed by atoms with Crippen molar-refractivity contribution in [1.29, 1.82) is 0 Å². The van der Waals surface area contributed by atoms with Crippen molar-refractivity contribution in [3.8, 4) is 0 Å². The normalized spacial score (nSPS) is 22.2. The van der Waals surface area contributed by atoms with E-state index >= 15 is 0 Å². The summed E-state index contributed by atoms with van der Waals surface area (Å²) in [5.41, 5.74) is 1.56. The molecule has 1 unspecified atom stereocenters. The Kier molecular flexibility index (Phi) is 3.86. The van der Waals surface area contributed by atoms with E-state index in [-0.39, 0.29) is 22.5 Å². The highest BCUT2D eigenvalue weighted by atomic mass is 79.9. The van der Waals surface area contributed by atoms with Crippen LogP contribution in [0.15, 0.2) is 41.4 Å². The topological polar surface area (TPSA) is 3.88 Å². The zero-order valence-electron chi connectivity index (χ0n) is 9.49. The Morgan fingerprint density at radius 1 is 1.35 bits per heavy atom. The fraction of sp³-hybridized carbons (Fsp3) is 0.308. The summed E-state index contributed by atoms with van der Waals surface area (Å²) in [6.07, 6.45) is 2.20. The molecule has 3 rings (SSSR count). The Morgan fingerprint density at radius 2 is 2.12 bits per heavy atom. The lowest BCUT2D eigenvalue weighted by Crippen LogP contribution is -3.00. The summed E-state index contributed by atoms with van der Waals surface area (Å²) in [4.78, 5) is 1.40. The molecule has 2 heterocycles. The highest BCUT2D eigenvalue weighted by molar-refractivity contribution is 9.09. The summed E-state index contributed by atoms with van der Waals surface area (Å²) in [6.45, 7) is 2.31. The highest BCUT2D eigenvalue weighted by Gasteiger charge is 2.39. The molecule has 0 saturated heterocycles. The molecular formula is C13H13Br2NS. The largest absolute Gasteiger partial charge is 1.00 e. The molecule has 2 aromatic rings. The van der Waals surface area contributed by atoms with E-state index in [0.29, 0.717) is 0 Å². The highest BCUT2D eigenvalue weighted by Crippen LogP contribution is 2.34. The first-order valence-electron chi connectivity index (χ1n) is 5.37. The smallest absolute Gasteiger partial charge is 0.226 e. The van der Waals surface area contributed by atoms with Crippen molar-refractivity contribution in [2.45, 2.75) is 17.4 Å². The number of para-hydroxylation sites is 1. The van der Waals surface area contributed by atoms with Crippen molar-refractivity contribution >= 4 is 38.6 Å². The molecule has 0 saturated carbocycles. The van der Waals surface area contributed by atoms with Crippen LogP contribution in [-0.2, 0) is 5.54 Å². The molecule has 0 spiro atoms. The fourth-order valence-corrected chi connectivity index (χ4v) is 4.18. The maximum absolute atomic E-state index is 3.65. The molecule has 90 valence electrons. The van der Waals surface area contributed by atoms with Crippen LogP contribution < -0.4 is 21.5 Å². The van der Waals surface area contributed by atoms with Crippen molar-refractivity contribution in [2.75, 3.05) is 11.1 Å². The van der Waals surface area contributed by atoms with Gasteiger partial charge >= 0.3 is 0 Å². The van der Waals surface area contributed by atoms with Gasteiger partial charge in [-0.15, -0.1) is 11.8 Å². The van der Waals surface area contributed by atoms with E-state index < -0.39 is 0 Å². The Morgan fingerprint density at radius 3 is 2.88 bits per heavy atom. The second kappa shape index (κ2) is 4.90. The Labute approximate surface area is 124 Å². The fourth-order valence-electron chi connectivity index (χ4n) is 2.21. The number of thioether (sulfide) groups is 1. The van der Waals surface area contributed by atoms with Crippen LogP contribution in [0, 0.1) is 0 Å². The zero-order chi connectivity index (χ0) is 11.2. The standard InChI is InChI=1S/C13H13BrNS.BrH/c1-13(8-14)9-16-11-6-2-4-10-5-3-7-15(13)12(10)11;/h2-7H,8-9H2,1H3;1H/q+1;/p-1. The number of benzene rings is 1. The average molecular weight is 375 g/mol. The molecule has 1 atom stereocenters. The summed E-state index contributed by atoms with van der Waals surface area (Å²) in [5.74, 6) is 1.12. The predicted octanol–water partition coefficient (Wildman–Crippen LogP) is 0.347. The monoisotopic (exact) mass is 373 g/mol. The van der Waals surface area contributed by atoms with Crippen LogP contribution in [0.2, 0.25) is 0 Å². The van der Waals surface area contributed by atoms with E-state index in [0.717, 1.165) is 11.1 Å². The number of aromatic nitrogens is 1. The summed E-state index contributed by atoms with van der Waals surface area (Å²) >= 11 is 5.61. The van der Waals surface area contributed by atoms with Gasteiger partial charge < -0.3 is 17.0 Å². The van der Waals surface area contributed by atoms with E-state index in [4.69, 9.17) is 0 Å². The number of rotatable bonds is 1. The summed E-state index contributed by atoms with van der Waals surface area (Å²) in [6, 6.07) is 10.9. The Balaban J connectivity index is 0.00000108. The molecule has 1 aromatic carbocycles. The maximum Gasteiger partial charge on any atom is 0.226 e. The van der Waals surface area contributed by atoms with Crippen molar-refractivity contribution < 1.29 is 21.5 Å². The van der Waals surface area contributed by atoms with Gasteiger partial charge in [0.2, 0.25) is 5.52 Å². The molecule has 0 amide bonds. The van der Waals surface area contributed by atoms with E-state index in [1.807, 2.05) is 11.8 Å². The molecule has 0 aliphatic carbocycles. The number of hydrogen-bond acceptors (Lipinski definition) is 1. The Hall–Kier alpha value is -0.0600. The SMILES string of the molecule is CC1(CBr)CSc2cccc3ccc[n+]1c23.[Br-]. The molecule has 1 nitrogen and oxygen atoms in total. The minimum atomic E-state index is 0. The average Bonchev–Trinajstić information content (AvgIpc) is 2.34. The van der Waals surface area contributed by atoms with Crippen LogP contribution in [-0.4, -0.2) is 11.1 Å². The third kappa shape index (κ3) is 2.04. The van der Waals surface area contributed by atoms with E-state index in [1.54, 1.807) is 0 Å². The first-order chi connectivity index (χ1) is 7.74. The third-order valence-electron chi connectivity index (χ3n) is 3.19. The lowest BCUT2D eigenvalue weighted by Gasteiger charge is -2.27. The number of alkyl halides is 1. The first kappa shape index (κ1) is 13.4. The van der Waals surface area contributed by atoms with Gasteiger partial charge in [-0.3, -0.25) is 0 Å². The molecule has 0 fully saturated rings. The molecule has 1 aliphatic rings. The van der Waals surface area contributed by atoms with E-state index in [1.165, 1.54) is 15.8 Å². The molecule has 17 heavy (non-hydrogen) atoms. The Bertz CT molecular complexity index is 553. The van der Waals surface area contributed by atoms with Gasteiger partial charge in [0.25, 0.3) is 0 Å². The third-order valence-corrected chi connectivity index (χ3v) is 5.80. The second-order valence-corrected chi connectivity index (χ2v) is 6.07. The molecular weight excluding hydrogens is 362 g/mol. The summed E-state index contributed by atoms with van der Waals surface area (Å²) in [7, 11) is 0. The van der Waals surface area contributed by atoms with Gasteiger partial charge in [-0.2, -0.15) is 4.57 Å². The van der Waals surface area contributed by atoms with Gasteiger partial charge in [-0.25, -0.2) is 0 Å². The van der Waals surface area contributed by atoms with Gasteiger partial charge in [0, 0.05) is 18.4 Å². The van der Waals surface area contributed by atoms with Gasteiger partial charge in [-0.1, -0.05) is 22.0 Å². The quantitative estimate of drug-likeness (QED) is 0.514. The molecule has 4 heteroatoms. The number of hydrogen-bond donors (Lipinski definition) is 0. The molecule has 1 aliphatic heterocycles. The minimum Gasteiger partial charge on any atom is -1.00 e. The number of halogens is 2.